The minimum atomic E-state index is -0.595. The Morgan fingerprint density at radius 2 is 1.78 bits per heavy atom. The van der Waals surface area contributed by atoms with Crippen LogP contribution in [0, 0.1) is 12.7 Å². The molecular formula is C24H21FN4O2S. The lowest BCUT2D eigenvalue weighted by molar-refractivity contribution is -0.115. The first-order chi connectivity index (χ1) is 15.6. The maximum Gasteiger partial charge on any atom is 0.242 e. The molecule has 0 saturated carbocycles. The van der Waals surface area contributed by atoms with Crippen LogP contribution in [0.4, 0.5) is 10.1 Å². The number of carbonyl (C=O) groups excluding carboxylic acids is 1. The number of ether oxygens (including phenoxy) is 1. The lowest BCUT2D eigenvalue weighted by atomic mass is 10.1. The van der Waals surface area contributed by atoms with Crippen LogP contribution in [0.3, 0.4) is 0 Å². The van der Waals surface area contributed by atoms with E-state index in [1.807, 2.05) is 61.5 Å². The fourth-order valence-electron chi connectivity index (χ4n) is 3.01. The largest absolute Gasteiger partial charge is 0.485 e. The fourth-order valence-corrected chi connectivity index (χ4v) is 3.94. The van der Waals surface area contributed by atoms with Gasteiger partial charge in [0, 0.05) is 5.69 Å². The number of H-pyrrole nitrogens is 1. The molecule has 0 aliphatic carbocycles. The first kappa shape index (κ1) is 21.6. The van der Waals surface area contributed by atoms with Crippen LogP contribution >= 0.6 is 11.8 Å². The molecule has 3 aromatic carbocycles. The summed E-state index contributed by atoms with van der Waals surface area (Å²) in [7, 11) is 0. The number of benzene rings is 3. The third-order valence-electron chi connectivity index (χ3n) is 4.64. The van der Waals surface area contributed by atoms with Gasteiger partial charge in [-0.2, -0.15) is 0 Å². The molecule has 2 N–H and O–H groups in total. The van der Waals surface area contributed by atoms with Gasteiger partial charge >= 0.3 is 0 Å². The highest BCUT2D eigenvalue weighted by atomic mass is 32.2. The molecule has 162 valence electrons. The molecule has 1 heterocycles. The Labute approximate surface area is 189 Å². The van der Waals surface area contributed by atoms with E-state index in [-0.39, 0.29) is 18.3 Å². The predicted molar refractivity (Wildman–Crippen MR) is 122 cm³/mol. The summed E-state index contributed by atoms with van der Waals surface area (Å²) in [5, 5.41) is 9.76. The molecule has 1 amide bonds. The Morgan fingerprint density at radius 3 is 2.53 bits per heavy atom. The van der Waals surface area contributed by atoms with Gasteiger partial charge in [-0.3, -0.25) is 9.89 Å². The predicted octanol–water partition coefficient (Wildman–Crippen LogP) is 5.30. The number of anilines is 1. The Kier molecular flexibility index (Phi) is 6.81. The minimum Gasteiger partial charge on any atom is -0.485 e. The smallest absolute Gasteiger partial charge is 0.242 e. The summed E-state index contributed by atoms with van der Waals surface area (Å²) < 4.78 is 19.0. The fraction of sp³-hybridized carbons (Fsp3) is 0.125. The number of thioether (sulfide) groups is 1. The maximum atomic E-state index is 13.2. The highest BCUT2D eigenvalue weighted by Gasteiger charge is 2.24. The molecule has 1 atom stereocenters. The van der Waals surface area contributed by atoms with Crippen molar-refractivity contribution in [2.45, 2.75) is 23.9 Å². The lowest BCUT2D eigenvalue weighted by Crippen LogP contribution is -2.19. The second-order valence-corrected chi connectivity index (χ2v) is 8.10. The standard InChI is InChI=1S/C24H21FN4O2S/c1-16-7-5-6-10-20(16)31-15-21-27-24(29-28-21)32-22(17-8-3-2-4-9-17)23(30)26-19-13-11-18(25)12-14-19/h2-14,22H,15H2,1H3,(H,26,30)(H,27,28,29)/t22-/m0/s1. The zero-order chi connectivity index (χ0) is 22.3. The van der Waals surface area contributed by atoms with E-state index in [0.717, 1.165) is 16.9 Å². The van der Waals surface area contributed by atoms with Gasteiger partial charge in [-0.05, 0) is 48.4 Å². The summed E-state index contributed by atoms with van der Waals surface area (Å²) >= 11 is 1.22. The molecule has 0 unspecified atom stereocenters. The number of aryl methyl sites for hydroxylation is 1. The van der Waals surface area contributed by atoms with E-state index < -0.39 is 5.25 Å². The normalized spacial score (nSPS) is 11.7. The molecular weight excluding hydrogens is 427 g/mol. The van der Waals surface area contributed by atoms with E-state index in [1.165, 1.54) is 36.0 Å². The molecule has 0 spiro atoms. The Morgan fingerprint density at radius 1 is 1.06 bits per heavy atom. The van der Waals surface area contributed by atoms with E-state index in [1.54, 1.807) is 0 Å². The molecule has 32 heavy (non-hydrogen) atoms. The van der Waals surface area contributed by atoms with Gasteiger partial charge in [0.15, 0.2) is 5.82 Å². The van der Waals surface area contributed by atoms with Gasteiger partial charge in [0.1, 0.15) is 23.4 Å². The van der Waals surface area contributed by atoms with E-state index in [0.29, 0.717) is 16.7 Å². The van der Waals surface area contributed by atoms with Gasteiger partial charge in [-0.1, -0.05) is 60.3 Å². The summed E-state index contributed by atoms with van der Waals surface area (Å²) in [4.78, 5) is 17.5. The third kappa shape index (κ3) is 5.53. The molecule has 4 aromatic rings. The number of nitrogens with zero attached hydrogens (tertiary/aromatic N) is 2. The van der Waals surface area contributed by atoms with Crippen LogP contribution in [0.25, 0.3) is 0 Å². The lowest BCUT2D eigenvalue weighted by Gasteiger charge is -2.15. The molecule has 0 fully saturated rings. The quantitative estimate of drug-likeness (QED) is 0.358. The van der Waals surface area contributed by atoms with Crippen LogP contribution in [-0.2, 0) is 11.4 Å². The molecule has 0 radical (unpaired) electrons. The van der Waals surface area contributed by atoms with Crippen molar-refractivity contribution in [1.82, 2.24) is 15.2 Å². The number of hydrogen-bond donors (Lipinski definition) is 2. The highest BCUT2D eigenvalue weighted by molar-refractivity contribution is 8.00. The van der Waals surface area contributed by atoms with Crippen molar-refractivity contribution in [2.24, 2.45) is 0 Å². The number of rotatable bonds is 8. The van der Waals surface area contributed by atoms with Gasteiger partial charge in [-0.15, -0.1) is 5.10 Å². The van der Waals surface area contributed by atoms with Gasteiger partial charge in [0.2, 0.25) is 11.1 Å². The van der Waals surface area contributed by atoms with Crippen LogP contribution in [0.5, 0.6) is 5.75 Å². The average molecular weight is 449 g/mol. The number of carbonyl (C=O) groups is 1. The molecule has 0 saturated heterocycles. The van der Waals surface area contributed by atoms with Crippen LogP contribution in [0.2, 0.25) is 0 Å². The van der Waals surface area contributed by atoms with Crippen LogP contribution < -0.4 is 10.1 Å². The molecule has 0 bridgehead atoms. The average Bonchev–Trinajstić information content (AvgIpc) is 3.26. The van der Waals surface area contributed by atoms with Gasteiger partial charge in [-0.25, -0.2) is 9.37 Å². The Balaban J connectivity index is 1.47. The summed E-state index contributed by atoms with van der Waals surface area (Å²) in [5.41, 5.74) is 2.35. The Hall–Kier alpha value is -3.65. The zero-order valence-corrected chi connectivity index (χ0v) is 18.1. The van der Waals surface area contributed by atoms with Gasteiger partial charge < -0.3 is 10.1 Å². The van der Waals surface area contributed by atoms with Crippen molar-refractivity contribution in [3.05, 3.63) is 102 Å². The number of hydrogen-bond acceptors (Lipinski definition) is 5. The molecule has 1 aromatic heterocycles. The minimum absolute atomic E-state index is 0.232. The van der Waals surface area contributed by atoms with Crippen molar-refractivity contribution in [3.8, 4) is 5.75 Å². The molecule has 0 aliphatic rings. The Bertz CT molecular complexity index is 1180. The summed E-state index contributed by atoms with van der Waals surface area (Å²) in [6.45, 7) is 2.21. The number of halogens is 1. The van der Waals surface area contributed by atoms with E-state index in [9.17, 15) is 9.18 Å². The van der Waals surface area contributed by atoms with Crippen molar-refractivity contribution < 1.29 is 13.9 Å². The number of aromatic amines is 1. The van der Waals surface area contributed by atoms with Crippen molar-refractivity contribution in [1.29, 1.82) is 0 Å². The SMILES string of the molecule is Cc1ccccc1OCc1nc(S[C@H](C(=O)Nc2ccc(F)cc2)c2ccccc2)n[nH]1. The van der Waals surface area contributed by atoms with E-state index in [4.69, 9.17) is 4.74 Å². The first-order valence-corrected chi connectivity index (χ1v) is 10.8. The molecule has 4 rings (SSSR count). The van der Waals surface area contributed by atoms with Crippen molar-refractivity contribution in [3.63, 3.8) is 0 Å². The van der Waals surface area contributed by atoms with E-state index >= 15 is 0 Å². The third-order valence-corrected chi connectivity index (χ3v) is 5.76. The second kappa shape index (κ2) is 10.1. The molecule has 0 aliphatic heterocycles. The number of amides is 1. The van der Waals surface area contributed by atoms with E-state index in [2.05, 4.69) is 20.5 Å². The number of aromatic nitrogens is 3. The molecule has 8 heteroatoms. The maximum absolute atomic E-state index is 13.2. The first-order valence-electron chi connectivity index (χ1n) is 9.96. The van der Waals surface area contributed by atoms with Crippen LogP contribution in [0.15, 0.2) is 84.0 Å². The summed E-state index contributed by atoms with van der Waals surface area (Å²) in [6.07, 6.45) is 0. The van der Waals surface area contributed by atoms with Crippen molar-refractivity contribution >= 4 is 23.4 Å². The summed E-state index contributed by atoms with van der Waals surface area (Å²) in [6, 6.07) is 22.7. The zero-order valence-electron chi connectivity index (χ0n) is 17.3. The monoisotopic (exact) mass is 448 g/mol. The van der Waals surface area contributed by atoms with Gasteiger partial charge in [0.25, 0.3) is 0 Å². The number of para-hydroxylation sites is 1. The second-order valence-electron chi connectivity index (χ2n) is 7.02. The number of nitrogens with one attached hydrogen (secondary N) is 2. The summed E-state index contributed by atoms with van der Waals surface area (Å²) in [5.74, 6) is 0.717. The van der Waals surface area contributed by atoms with Crippen LogP contribution in [0.1, 0.15) is 22.2 Å². The van der Waals surface area contributed by atoms with Crippen LogP contribution in [-0.4, -0.2) is 21.1 Å². The molecule has 6 nitrogen and oxygen atoms in total. The van der Waals surface area contributed by atoms with Gasteiger partial charge in [0.05, 0.1) is 0 Å². The van der Waals surface area contributed by atoms with Crippen molar-refractivity contribution in [2.75, 3.05) is 5.32 Å². The topological polar surface area (TPSA) is 79.9 Å². The highest BCUT2D eigenvalue weighted by Crippen LogP contribution is 2.34.